The quantitative estimate of drug-likeness (QED) is 0.154. The predicted molar refractivity (Wildman–Crippen MR) is 250 cm³/mol. The number of rotatable bonds is 8. The molecule has 0 bridgehead atoms. The Morgan fingerprint density at radius 1 is 0.400 bits per heavy atom. The molecule has 0 aliphatic heterocycles. The van der Waals surface area contributed by atoms with Crippen LogP contribution in [0, 0.1) is 0 Å². The average molecular weight is 777 g/mol. The van der Waals surface area contributed by atoms with Crippen molar-refractivity contribution in [2.45, 2.75) is 39.5 Å². The van der Waals surface area contributed by atoms with Gasteiger partial charge in [0.15, 0.2) is 0 Å². The second-order valence-electron chi connectivity index (χ2n) is 16.3. The molecule has 0 atom stereocenters. The lowest BCUT2D eigenvalue weighted by molar-refractivity contribution is 0.802. The first kappa shape index (κ1) is 35.7. The van der Waals surface area contributed by atoms with Crippen molar-refractivity contribution in [3.05, 3.63) is 193 Å². The Bertz CT molecular complexity index is 3320. The highest BCUT2D eigenvalue weighted by molar-refractivity contribution is 6.11. The van der Waals surface area contributed by atoms with Gasteiger partial charge >= 0.3 is 0 Å². The van der Waals surface area contributed by atoms with Gasteiger partial charge in [-0.2, -0.15) is 0 Å². The molecule has 4 aromatic heterocycles. The Labute approximate surface area is 349 Å². The first-order chi connectivity index (χ1) is 29.5. The summed E-state index contributed by atoms with van der Waals surface area (Å²) in [6.45, 7) is 9.15. The van der Waals surface area contributed by atoms with E-state index in [-0.39, 0.29) is 0 Å². The molecule has 0 saturated carbocycles. The average Bonchev–Trinajstić information content (AvgIpc) is 3.94. The molecule has 6 heteroatoms. The summed E-state index contributed by atoms with van der Waals surface area (Å²) in [6.07, 6.45) is 0. The number of fused-ring (bicyclic) bond motifs is 7. The number of nitrogens with zero attached hydrogens (tertiary/aromatic N) is 6. The van der Waals surface area contributed by atoms with Gasteiger partial charge in [0.1, 0.15) is 11.6 Å². The maximum Gasteiger partial charge on any atom is 0.220 e. The van der Waals surface area contributed by atoms with Crippen molar-refractivity contribution in [3.8, 4) is 17.5 Å². The molecule has 290 valence electrons. The Kier molecular flexibility index (Phi) is 8.41. The fourth-order valence-electron chi connectivity index (χ4n) is 9.29. The summed E-state index contributed by atoms with van der Waals surface area (Å²) in [6, 6.07) is 65.0. The molecule has 0 aliphatic carbocycles. The molecule has 4 heterocycles. The molecule has 0 amide bonds. The van der Waals surface area contributed by atoms with E-state index in [1.807, 2.05) is 0 Å². The number of imidazole rings is 1. The van der Waals surface area contributed by atoms with Crippen molar-refractivity contribution < 1.29 is 0 Å². The van der Waals surface area contributed by atoms with Gasteiger partial charge in [0, 0.05) is 32.9 Å². The Balaban J connectivity index is 1.18. The lowest BCUT2D eigenvalue weighted by Crippen LogP contribution is -2.13. The Morgan fingerprint density at radius 2 is 0.933 bits per heavy atom. The summed E-state index contributed by atoms with van der Waals surface area (Å²) in [4.78, 5) is 13.3. The summed E-state index contributed by atoms with van der Waals surface area (Å²) in [5.41, 5.74) is 12.3. The Hall–Kier alpha value is -7.44. The standard InChI is InChI=1S/C54H44N6/c1-35(2)39-23-16-24-40(36(3)4)53(39)60-49-29-15-11-25-45(49)55-54(60)59-48-28-14-10-22-43(48)44-33-32-38(34-50(44)59)57(37-18-6-5-7-19-37)51-30-17-31-52(56-51)58-46-26-12-8-20-41(46)42-21-9-13-27-47(42)58/h5-36H,1-4H3. The molecule has 6 nitrogen and oxygen atoms in total. The molecule has 11 rings (SSSR count). The van der Waals surface area contributed by atoms with Crippen molar-refractivity contribution in [2.75, 3.05) is 4.90 Å². The van der Waals surface area contributed by atoms with E-state index in [1.165, 1.54) is 33.0 Å². The SMILES string of the molecule is CC(C)c1cccc(C(C)C)c1-n1c(-n2c3ccccc3c3ccc(N(c4ccccc4)c4cccc(-n5c6ccccc6c6ccccc65)n4)cc32)nc2ccccc21. The number of pyridine rings is 1. The molecule has 0 aliphatic rings. The van der Waals surface area contributed by atoms with Crippen LogP contribution in [0.1, 0.15) is 50.7 Å². The van der Waals surface area contributed by atoms with E-state index < -0.39 is 0 Å². The molecule has 60 heavy (non-hydrogen) atoms. The van der Waals surface area contributed by atoms with Crippen molar-refractivity contribution in [1.29, 1.82) is 0 Å². The summed E-state index contributed by atoms with van der Waals surface area (Å²) in [7, 11) is 0. The second-order valence-corrected chi connectivity index (χ2v) is 16.3. The molecular formula is C54H44N6. The molecule has 0 spiro atoms. The fourth-order valence-corrected chi connectivity index (χ4v) is 9.29. The van der Waals surface area contributed by atoms with Crippen molar-refractivity contribution in [1.82, 2.24) is 23.7 Å². The minimum Gasteiger partial charge on any atom is -0.295 e. The highest BCUT2D eigenvalue weighted by Crippen LogP contribution is 2.42. The lowest BCUT2D eigenvalue weighted by atomic mass is 9.92. The van der Waals surface area contributed by atoms with Crippen LogP contribution in [0.15, 0.2) is 182 Å². The highest BCUT2D eigenvalue weighted by Gasteiger charge is 2.26. The normalized spacial score (nSPS) is 12.0. The molecule has 0 saturated heterocycles. The monoisotopic (exact) mass is 776 g/mol. The third-order valence-corrected chi connectivity index (χ3v) is 12.0. The van der Waals surface area contributed by atoms with Gasteiger partial charge in [-0.3, -0.25) is 18.6 Å². The van der Waals surface area contributed by atoms with Gasteiger partial charge in [-0.1, -0.05) is 143 Å². The molecule has 0 N–H and O–H groups in total. The van der Waals surface area contributed by atoms with Crippen molar-refractivity contribution in [3.63, 3.8) is 0 Å². The van der Waals surface area contributed by atoms with Crippen LogP contribution in [0.5, 0.6) is 0 Å². The van der Waals surface area contributed by atoms with Crippen LogP contribution in [-0.4, -0.2) is 23.7 Å². The highest BCUT2D eigenvalue weighted by atomic mass is 15.3. The first-order valence-corrected chi connectivity index (χ1v) is 20.9. The van der Waals surface area contributed by atoms with Gasteiger partial charge in [-0.15, -0.1) is 0 Å². The largest absolute Gasteiger partial charge is 0.295 e. The predicted octanol–water partition coefficient (Wildman–Crippen LogP) is 14.3. The van der Waals surface area contributed by atoms with Gasteiger partial charge in [0.25, 0.3) is 0 Å². The van der Waals surface area contributed by atoms with E-state index in [9.17, 15) is 0 Å². The molecular weight excluding hydrogens is 733 g/mol. The number of para-hydroxylation sites is 7. The van der Waals surface area contributed by atoms with Gasteiger partial charge in [0.2, 0.25) is 5.95 Å². The van der Waals surface area contributed by atoms with Crippen LogP contribution in [-0.2, 0) is 0 Å². The van der Waals surface area contributed by atoms with E-state index in [1.54, 1.807) is 0 Å². The number of hydrogen-bond donors (Lipinski definition) is 0. The zero-order valence-electron chi connectivity index (χ0n) is 34.2. The number of hydrogen-bond acceptors (Lipinski definition) is 3. The number of benzene rings is 7. The van der Waals surface area contributed by atoms with E-state index in [0.29, 0.717) is 11.8 Å². The molecule has 7 aromatic carbocycles. The van der Waals surface area contributed by atoms with Crippen LogP contribution in [0.2, 0.25) is 0 Å². The summed E-state index contributed by atoms with van der Waals surface area (Å²) in [5.74, 6) is 3.17. The maximum atomic E-state index is 5.51. The minimum atomic E-state index is 0.308. The van der Waals surface area contributed by atoms with Gasteiger partial charge in [-0.25, -0.2) is 9.97 Å². The van der Waals surface area contributed by atoms with E-state index in [4.69, 9.17) is 9.97 Å². The molecule has 0 unspecified atom stereocenters. The van der Waals surface area contributed by atoms with Crippen LogP contribution in [0.3, 0.4) is 0 Å². The van der Waals surface area contributed by atoms with Crippen LogP contribution in [0.25, 0.3) is 72.1 Å². The van der Waals surface area contributed by atoms with Crippen molar-refractivity contribution in [2.24, 2.45) is 0 Å². The summed E-state index contributed by atoms with van der Waals surface area (Å²) < 4.78 is 7.08. The van der Waals surface area contributed by atoms with Crippen LogP contribution < -0.4 is 4.90 Å². The van der Waals surface area contributed by atoms with Crippen molar-refractivity contribution >= 4 is 71.8 Å². The van der Waals surface area contributed by atoms with Crippen LogP contribution >= 0.6 is 0 Å². The fraction of sp³-hybridized carbons (Fsp3) is 0.111. The van der Waals surface area contributed by atoms with Gasteiger partial charge in [0.05, 0.1) is 38.8 Å². The lowest BCUT2D eigenvalue weighted by Gasteiger charge is -2.25. The number of anilines is 3. The minimum absolute atomic E-state index is 0.308. The molecule has 0 fully saturated rings. The van der Waals surface area contributed by atoms with E-state index >= 15 is 0 Å². The zero-order valence-corrected chi connectivity index (χ0v) is 34.2. The third kappa shape index (κ3) is 5.55. The smallest absolute Gasteiger partial charge is 0.220 e. The Morgan fingerprint density at radius 3 is 1.57 bits per heavy atom. The zero-order chi connectivity index (χ0) is 40.5. The van der Waals surface area contributed by atoms with E-state index in [2.05, 4.69) is 228 Å². The topological polar surface area (TPSA) is 43.8 Å². The molecule has 0 radical (unpaired) electrons. The summed E-state index contributed by atoms with van der Waals surface area (Å²) >= 11 is 0. The van der Waals surface area contributed by atoms with Crippen LogP contribution in [0.4, 0.5) is 17.2 Å². The second kappa shape index (κ2) is 14.1. The third-order valence-electron chi connectivity index (χ3n) is 12.0. The first-order valence-electron chi connectivity index (χ1n) is 20.9. The summed E-state index contributed by atoms with van der Waals surface area (Å²) in [5, 5.41) is 4.76. The van der Waals surface area contributed by atoms with E-state index in [0.717, 1.165) is 67.4 Å². The van der Waals surface area contributed by atoms with Gasteiger partial charge in [-0.05, 0) is 89.7 Å². The maximum absolute atomic E-state index is 5.51. The molecule has 11 aromatic rings. The number of aromatic nitrogens is 5. The van der Waals surface area contributed by atoms with Gasteiger partial charge < -0.3 is 0 Å².